The third-order valence-corrected chi connectivity index (χ3v) is 10.2. The van der Waals surface area contributed by atoms with Crippen molar-refractivity contribution in [3.8, 4) is 28.4 Å². The van der Waals surface area contributed by atoms with Crippen molar-refractivity contribution in [2.24, 2.45) is 0 Å². The quantitative estimate of drug-likeness (QED) is 0.166. The van der Waals surface area contributed by atoms with Gasteiger partial charge in [0.1, 0.15) is 5.82 Å². The van der Waals surface area contributed by atoms with E-state index in [1.54, 1.807) is 0 Å². The molecule has 0 atom stereocenters. The van der Waals surface area contributed by atoms with Gasteiger partial charge in [0, 0.05) is 66.6 Å². The number of anilines is 3. The minimum atomic E-state index is -0.131. The molecule has 6 heteroatoms. The van der Waals surface area contributed by atoms with Crippen molar-refractivity contribution in [3.63, 3.8) is 0 Å². The van der Waals surface area contributed by atoms with E-state index in [9.17, 15) is 0 Å². The van der Waals surface area contributed by atoms with Gasteiger partial charge in [-0.15, -0.1) is 47.0 Å². The third-order valence-electron chi connectivity index (χ3n) is 10.2. The van der Waals surface area contributed by atoms with Crippen LogP contribution in [0.5, 0.6) is 11.5 Å². The molecular formula is C44H37N4OPt-3. The topological polar surface area (TPSA) is 33.5 Å². The van der Waals surface area contributed by atoms with Gasteiger partial charge in [-0.25, -0.2) is 4.98 Å². The van der Waals surface area contributed by atoms with Gasteiger partial charge in [0.2, 0.25) is 0 Å². The van der Waals surface area contributed by atoms with E-state index in [-0.39, 0.29) is 31.9 Å². The molecule has 0 saturated carbocycles. The average Bonchev–Trinajstić information content (AvgIpc) is 3.69. The summed E-state index contributed by atoms with van der Waals surface area (Å²) >= 11 is 0. The minimum absolute atomic E-state index is 0. The number of rotatable bonds is 4. The SMILES string of the molecule is CN1[CH-]N(c2[c-]c(Oc3[c-]c4c(cc3)c3ccccc3n4-c3cc4c(cn3)-c3ccccc3C4(C)C)cc(C(C)(C)C)c2)c2ccccc21.[Pt]. The van der Waals surface area contributed by atoms with Crippen molar-refractivity contribution in [1.29, 1.82) is 0 Å². The summed E-state index contributed by atoms with van der Waals surface area (Å²) in [6, 6.07) is 43.6. The average molecular weight is 833 g/mol. The first-order valence-corrected chi connectivity index (χ1v) is 16.9. The van der Waals surface area contributed by atoms with Crippen LogP contribution in [0.3, 0.4) is 0 Å². The van der Waals surface area contributed by atoms with E-state index in [4.69, 9.17) is 9.72 Å². The maximum Gasteiger partial charge on any atom is 0.135 e. The van der Waals surface area contributed by atoms with Crippen molar-refractivity contribution in [2.45, 2.75) is 45.4 Å². The Labute approximate surface area is 308 Å². The second-order valence-corrected chi connectivity index (χ2v) is 14.8. The zero-order valence-corrected chi connectivity index (χ0v) is 31.3. The molecule has 3 heterocycles. The number of nitrogens with zero attached hydrogens (tertiary/aromatic N) is 4. The van der Waals surface area contributed by atoms with E-state index in [0.717, 1.165) is 50.2 Å². The Balaban J connectivity index is 0.00000361. The summed E-state index contributed by atoms with van der Waals surface area (Å²) in [6.07, 6.45) is 2.04. The normalized spacial score (nSPS) is 14.4. The van der Waals surface area contributed by atoms with Crippen LogP contribution in [-0.2, 0) is 31.9 Å². The standard InChI is InChI=1S/C44H37N4O.Pt/c1-43(2,3)28-21-29(47-27-46(6)39-17-11-12-18-40(39)47)23-31(22-28)49-30-19-20-34-33-14-8-10-16-38(33)48(41(34)24-30)42-25-37-35(26-45-42)32-13-7-9-15-36(32)44(37,4)5;/h7-22,25-27H,1-6H3;/q-3;. The molecule has 0 bridgehead atoms. The largest absolute Gasteiger partial charge is 0.509 e. The van der Waals surface area contributed by atoms with E-state index in [1.165, 1.54) is 22.3 Å². The molecule has 50 heavy (non-hydrogen) atoms. The van der Waals surface area contributed by atoms with E-state index in [0.29, 0.717) is 11.5 Å². The molecule has 0 spiro atoms. The Morgan fingerprint density at radius 3 is 2.30 bits per heavy atom. The van der Waals surface area contributed by atoms with Crippen LogP contribution in [0.2, 0.25) is 0 Å². The summed E-state index contributed by atoms with van der Waals surface area (Å²) in [5.41, 5.74) is 11.2. The fourth-order valence-corrected chi connectivity index (χ4v) is 7.60. The van der Waals surface area contributed by atoms with E-state index < -0.39 is 0 Å². The van der Waals surface area contributed by atoms with Crippen LogP contribution in [-0.4, -0.2) is 16.6 Å². The molecule has 1 aliphatic heterocycles. The van der Waals surface area contributed by atoms with Crippen LogP contribution < -0.4 is 14.5 Å². The number of para-hydroxylation sites is 3. The zero-order valence-electron chi connectivity index (χ0n) is 29.0. The van der Waals surface area contributed by atoms with Crippen molar-refractivity contribution in [2.75, 3.05) is 16.8 Å². The van der Waals surface area contributed by atoms with Crippen LogP contribution in [0.15, 0.2) is 109 Å². The molecule has 0 saturated heterocycles. The summed E-state index contributed by atoms with van der Waals surface area (Å²) < 4.78 is 8.90. The molecule has 5 aromatic carbocycles. The Morgan fingerprint density at radius 1 is 0.740 bits per heavy atom. The number of pyridine rings is 1. The van der Waals surface area contributed by atoms with Crippen LogP contribution in [0, 0.1) is 18.8 Å². The van der Waals surface area contributed by atoms with Crippen molar-refractivity contribution in [1.82, 2.24) is 9.55 Å². The van der Waals surface area contributed by atoms with Gasteiger partial charge < -0.3 is 19.1 Å². The minimum Gasteiger partial charge on any atom is -0.509 e. The molecule has 1 aliphatic carbocycles. The van der Waals surface area contributed by atoms with Crippen LogP contribution >= 0.6 is 0 Å². The number of ether oxygens (including phenoxy) is 1. The molecule has 2 aromatic heterocycles. The van der Waals surface area contributed by atoms with E-state index in [2.05, 4.69) is 172 Å². The summed E-state index contributed by atoms with van der Waals surface area (Å²) in [5, 5.41) is 2.26. The first-order valence-electron chi connectivity index (χ1n) is 16.9. The molecular weight excluding hydrogens is 796 g/mol. The second-order valence-electron chi connectivity index (χ2n) is 14.8. The number of aromatic nitrogens is 2. The van der Waals surface area contributed by atoms with Gasteiger partial charge in [0.15, 0.2) is 0 Å². The molecule has 0 radical (unpaired) electrons. The molecule has 0 fully saturated rings. The molecule has 9 rings (SSSR count). The van der Waals surface area contributed by atoms with Crippen molar-refractivity contribution < 1.29 is 25.8 Å². The molecule has 252 valence electrons. The Bertz CT molecular complexity index is 2450. The number of benzene rings is 5. The van der Waals surface area contributed by atoms with Gasteiger partial charge in [0.25, 0.3) is 0 Å². The summed E-state index contributed by atoms with van der Waals surface area (Å²) in [4.78, 5) is 9.39. The molecule has 7 aromatic rings. The van der Waals surface area contributed by atoms with E-state index in [1.807, 2.05) is 12.3 Å². The summed E-state index contributed by atoms with van der Waals surface area (Å²) in [5.74, 6) is 2.15. The van der Waals surface area contributed by atoms with Gasteiger partial charge in [-0.05, 0) is 58.8 Å². The fourth-order valence-electron chi connectivity index (χ4n) is 7.60. The van der Waals surface area contributed by atoms with Crippen molar-refractivity contribution in [3.05, 3.63) is 145 Å². The number of fused-ring (bicyclic) bond motifs is 7. The summed E-state index contributed by atoms with van der Waals surface area (Å²) in [6.45, 7) is 13.4. The Morgan fingerprint density at radius 2 is 1.48 bits per heavy atom. The van der Waals surface area contributed by atoms with Crippen LogP contribution in [0.1, 0.15) is 51.3 Å². The first kappa shape index (κ1) is 32.3. The Hall–Kier alpha value is -4.86. The maximum atomic E-state index is 6.67. The molecule has 5 nitrogen and oxygen atoms in total. The van der Waals surface area contributed by atoms with Gasteiger partial charge in [0.05, 0.1) is 0 Å². The van der Waals surface area contributed by atoms with Gasteiger partial charge >= 0.3 is 0 Å². The molecule has 0 N–H and O–H groups in total. The zero-order chi connectivity index (χ0) is 33.7. The second kappa shape index (κ2) is 11.6. The van der Waals surface area contributed by atoms with Crippen LogP contribution in [0.4, 0.5) is 17.1 Å². The number of hydrogen-bond acceptors (Lipinski definition) is 4. The molecule has 0 amide bonds. The fraction of sp³-hybridized carbons (Fsp3) is 0.182. The molecule has 0 unspecified atom stereocenters. The monoisotopic (exact) mass is 832 g/mol. The predicted molar refractivity (Wildman–Crippen MR) is 200 cm³/mol. The van der Waals surface area contributed by atoms with E-state index >= 15 is 0 Å². The van der Waals surface area contributed by atoms with Gasteiger partial charge in [-0.1, -0.05) is 94.7 Å². The van der Waals surface area contributed by atoms with Crippen molar-refractivity contribution >= 4 is 38.9 Å². The first-order chi connectivity index (χ1) is 23.6. The number of hydrogen-bond donors (Lipinski definition) is 0. The van der Waals surface area contributed by atoms with Gasteiger partial charge in [-0.3, -0.25) is 0 Å². The molecule has 2 aliphatic rings. The van der Waals surface area contributed by atoms with Crippen LogP contribution in [0.25, 0.3) is 38.8 Å². The Kier molecular flexibility index (Phi) is 7.51. The summed E-state index contributed by atoms with van der Waals surface area (Å²) in [7, 11) is 2.07. The van der Waals surface area contributed by atoms with Gasteiger partial charge in [-0.2, -0.15) is 12.7 Å². The smallest absolute Gasteiger partial charge is 0.135 e. The third kappa shape index (κ3) is 4.97. The maximum absolute atomic E-state index is 6.67. The predicted octanol–water partition coefficient (Wildman–Crippen LogP) is 10.9.